The second kappa shape index (κ2) is 10.8. The predicted octanol–water partition coefficient (Wildman–Crippen LogP) is 4.41. The Labute approximate surface area is 189 Å². The Kier molecular flexibility index (Phi) is 9.07. The van der Waals surface area contributed by atoms with E-state index in [1.54, 1.807) is 13.8 Å². The minimum Gasteiger partial charge on any atom is -0.481 e. The van der Waals surface area contributed by atoms with Crippen LogP contribution in [0.5, 0.6) is 0 Å². The molecule has 0 radical (unpaired) electrons. The molecular weight excluding hydrogens is 422 g/mol. The maximum absolute atomic E-state index is 14.5. The molecule has 2 aliphatic rings. The predicted molar refractivity (Wildman–Crippen MR) is 115 cm³/mol. The number of aliphatic hydroxyl groups excluding tert-OH is 2. The third-order valence-corrected chi connectivity index (χ3v) is 7.73. The van der Waals surface area contributed by atoms with Crippen LogP contribution in [0, 0.1) is 29.1 Å². The summed E-state index contributed by atoms with van der Waals surface area (Å²) < 4.78 is 34.8. The maximum Gasteiger partial charge on any atom is 0.311 e. The van der Waals surface area contributed by atoms with Crippen molar-refractivity contribution in [2.24, 2.45) is 29.1 Å². The number of carboxylic acids is 1. The molecule has 7 atom stereocenters. The third-order valence-electron chi connectivity index (χ3n) is 7.73. The van der Waals surface area contributed by atoms with Crippen LogP contribution in [-0.4, -0.2) is 51.5 Å². The van der Waals surface area contributed by atoms with Gasteiger partial charge in [-0.15, -0.1) is 0 Å². The van der Waals surface area contributed by atoms with E-state index in [4.69, 9.17) is 9.84 Å². The number of fused-ring (bicyclic) bond motifs is 1. The van der Waals surface area contributed by atoms with Crippen molar-refractivity contribution in [2.45, 2.75) is 110 Å². The van der Waals surface area contributed by atoms with Crippen molar-refractivity contribution in [3.05, 3.63) is 0 Å². The Hall–Kier alpha value is -1.28. The topological polar surface area (TPSA) is 104 Å². The van der Waals surface area contributed by atoms with Gasteiger partial charge in [0.25, 0.3) is 5.92 Å². The Balaban J connectivity index is 2.13. The van der Waals surface area contributed by atoms with E-state index < -0.39 is 54.4 Å². The monoisotopic (exact) mass is 462 g/mol. The summed E-state index contributed by atoms with van der Waals surface area (Å²) in [5.74, 6) is -4.62. The lowest BCUT2D eigenvalue weighted by Gasteiger charge is -2.50. The molecule has 3 N–H and O–H groups in total. The van der Waals surface area contributed by atoms with Gasteiger partial charge < -0.3 is 20.1 Å². The Morgan fingerprint density at radius 2 is 1.81 bits per heavy atom. The van der Waals surface area contributed by atoms with Crippen molar-refractivity contribution < 1.29 is 38.4 Å². The number of ether oxygens (including phenoxy) is 1. The minimum absolute atomic E-state index is 0.0126. The van der Waals surface area contributed by atoms with E-state index in [1.807, 2.05) is 6.92 Å². The second-order valence-corrected chi connectivity index (χ2v) is 10.7. The summed E-state index contributed by atoms with van der Waals surface area (Å²) in [6.07, 6.45) is -1.08. The molecule has 0 aromatic carbocycles. The van der Waals surface area contributed by atoms with Gasteiger partial charge in [-0.2, -0.15) is 0 Å². The van der Waals surface area contributed by atoms with Crippen molar-refractivity contribution in [2.75, 3.05) is 0 Å². The highest BCUT2D eigenvalue weighted by Crippen LogP contribution is 2.53. The molecule has 2 saturated carbocycles. The average Bonchev–Trinajstić information content (AvgIpc) is 2.65. The lowest BCUT2D eigenvalue weighted by molar-refractivity contribution is -0.192. The zero-order chi connectivity index (χ0) is 24.3. The van der Waals surface area contributed by atoms with Crippen LogP contribution >= 0.6 is 0 Å². The first-order chi connectivity index (χ1) is 14.8. The molecule has 0 heterocycles. The first kappa shape index (κ1) is 27.0. The van der Waals surface area contributed by atoms with Gasteiger partial charge in [-0.1, -0.05) is 20.3 Å². The molecule has 0 saturated heterocycles. The summed E-state index contributed by atoms with van der Waals surface area (Å²) in [5, 5.41) is 28.9. The number of carbonyl (C=O) groups is 2. The fourth-order valence-corrected chi connectivity index (χ4v) is 5.47. The highest BCUT2D eigenvalue weighted by atomic mass is 19.3. The molecule has 2 rings (SSSR count). The summed E-state index contributed by atoms with van der Waals surface area (Å²) in [4.78, 5) is 23.5. The standard InChI is InChI=1S/C24H40F2O6/c1-5-23(3,4)22(31)32-19-13-24(25,26)12-15-7-6-14(2)18(21(15)19)9-8-16(27)10-17(28)11-20(29)30/h14-19,21,27-28H,5-13H2,1-4H3,(H,29,30)/t14-,15-,16-,17+,18-,19-,21-/m1/s1. The zero-order valence-corrected chi connectivity index (χ0v) is 19.7. The van der Waals surface area contributed by atoms with Gasteiger partial charge in [0.1, 0.15) is 6.10 Å². The molecule has 0 spiro atoms. The molecule has 0 aromatic rings. The average molecular weight is 463 g/mol. The van der Waals surface area contributed by atoms with Gasteiger partial charge in [0.15, 0.2) is 0 Å². The Morgan fingerprint density at radius 1 is 1.16 bits per heavy atom. The van der Waals surface area contributed by atoms with Crippen molar-refractivity contribution in [3.8, 4) is 0 Å². The van der Waals surface area contributed by atoms with Gasteiger partial charge in [-0.3, -0.25) is 9.59 Å². The molecule has 2 fully saturated rings. The number of hydrogen-bond donors (Lipinski definition) is 3. The first-order valence-electron chi connectivity index (χ1n) is 11.9. The van der Waals surface area contributed by atoms with Crippen LogP contribution in [0.4, 0.5) is 8.78 Å². The molecular formula is C24H40F2O6. The SMILES string of the molecule is CCC(C)(C)C(=O)O[C@@H]1CC(F)(F)C[C@H]2CC[C@@H](C)[C@@H](CC[C@@H](O)C[C@H](O)CC(=O)O)[C@@H]21. The van der Waals surface area contributed by atoms with Crippen LogP contribution in [-0.2, 0) is 14.3 Å². The Morgan fingerprint density at radius 3 is 2.41 bits per heavy atom. The number of esters is 1. The Bertz CT molecular complexity index is 652. The fraction of sp³-hybridized carbons (Fsp3) is 0.917. The van der Waals surface area contributed by atoms with E-state index in [0.717, 1.165) is 6.42 Å². The molecule has 32 heavy (non-hydrogen) atoms. The van der Waals surface area contributed by atoms with Gasteiger partial charge in [0, 0.05) is 18.8 Å². The summed E-state index contributed by atoms with van der Waals surface area (Å²) in [7, 11) is 0. The molecule has 0 aliphatic heterocycles. The number of rotatable bonds is 10. The van der Waals surface area contributed by atoms with Gasteiger partial charge in [-0.05, 0) is 63.7 Å². The number of aliphatic hydroxyl groups is 2. The maximum atomic E-state index is 14.5. The summed E-state index contributed by atoms with van der Waals surface area (Å²) in [6, 6.07) is 0. The van der Waals surface area contributed by atoms with Crippen LogP contribution in [0.3, 0.4) is 0 Å². The van der Waals surface area contributed by atoms with Crippen molar-refractivity contribution in [1.82, 2.24) is 0 Å². The summed E-state index contributed by atoms with van der Waals surface area (Å²) in [5.41, 5.74) is -0.742. The smallest absolute Gasteiger partial charge is 0.311 e. The van der Waals surface area contributed by atoms with E-state index in [2.05, 4.69) is 6.92 Å². The van der Waals surface area contributed by atoms with Crippen molar-refractivity contribution >= 4 is 11.9 Å². The van der Waals surface area contributed by atoms with Crippen LogP contribution in [0.1, 0.15) is 85.5 Å². The lowest BCUT2D eigenvalue weighted by atomic mass is 9.59. The fourth-order valence-electron chi connectivity index (χ4n) is 5.47. The summed E-state index contributed by atoms with van der Waals surface area (Å²) in [6.45, 7) is 7.46. The number of carbonyl (C=O) groups excluding carboxylic acids is 1. The van der Waals surface area contributed by atoms with Crippen LogP contribution < -0.4 is 0 Å². The highest BCUT2D eigenvalue weighted by Gasteiger charge is 2.53. The number of aliphatic carboxylic acids is 1. The van der Waals surface area contributed by atoms with Gasteiger partial charge >= 0.3 is 11.9 Å². The van der Waals surface area contributed by atoms with E-state index in [-0.39, 0.29) is 36.5 Å². The molecule has 2 aliphatic carbocycles. The molecule has 0 bridgehead atoms. The van der Waals surface area contributed by atoms with Crippen LogP contribution in [0.2, 0.25) is 0 Å². The van der Waals surface area contributed by atoms with Crippen molar-refractivity contribution in [3.63, 3.8) is 0 Å². The highest BCUT2D eigenvalue weighted by molar-refractivity contribution is 5.76. The van der Waals surface area contributed by atoms with Gasteiger partial charge in [0.05, 0.1) is 24.0 Å². The normalized spacial score (nSPS) is 31.9. The minimum atomic E-state index is -2.87. The van der Waals surface area contributed by atoms with Gasteiger partial charge in [-0.25, -0.2) is 8.78 Å². The molecule has 0 amide bonds. The molecule has 0 aromatic heterocycles. The molecule has 8 heteroatoms. The van der Waals surface area contributed by atoms with Crippen LogP contribution in [0.25, 0.3) is 0 Å². The van der Waals surface area contributed by atoms with E-state index in [9.17, 15) is 28.6 Å². The van der Waals surface area contributed by atoms with Gasteiger partial charge in [0.2, 0.25) is 0 Å². The molecule has 0 unspecified atom stereocenters. The number of halogens is 2. The quantitative estimate of drug-likeness (QED) is 0.416. The lowest BCUT2D eigenvalue weighted by Crippen LogP contribution is -2.51. The summed E-state index contributed by atoms with van der Waals surface area (Å²) >= 11 is 0. The van der Waals surface area contributed by atoms with Crippen LogP contribution in [0.15, 0.2) is 0 Å². The second-order valence-electron chi connectivity index (χ2n) is 10.7. The third kappa shape index (κ3) is 7.11. The van der Waals surface area contributed by atoms with Crippen molar-refractivity contribution in [1.29, 1.82) is 0 Å². The molecule has 6 nitrogen and oxygen atoms in total. The number of carboxylic acid groups (broad SMARTS) is 1. The van der Waals surface area contributed by atoms with E-state index in [0.29, 0.717) is 25.7 Å². The van der Waals surface area contributed by atoms with E-state index in [1.165, 1.54) is 0 Å². The largest absolute Gasteiger partial charge is 0.481 e. The van der Waals surface area contributed by atoms with E-state index >= 15 is 0 Å². The number of alkyl halides is 2. The number of hydrogen-bond acceptors (Lipinski definition) is 5. The zero-order valence-electron chi connectivity index (χ0n) is 19.7. The first-order valence-corrected chi connectivity index (χ1v) is 11.9. The molecule has 186 valence electrons.